The third-order valence-electron chi connectivity index (χ3n) is 2.96. The molecule has 3 aromatic rings. The van der Waals surface area contributed by atoms with E-state index in [0.717, 1.165) is 5.56 Å². The molecule has 20 heavy (non-hydrogen) atoms. The Morgan fingerprint density at radius 2 is 2.05 bits per heavy atom. The molecule has 0 N–H and O–H groups in total. The van der Waals surface area contributed by atoms with E-state index in [9.17, 15) is 9.18 Å². The predicted octanol–water partition coefficient (Wildman–Crippen LogP) is 3.96. The van der Waals surface area contributed by atoms with Gasteiger partial charge in [0.15, 0.2) is 0 Å². The number of aryl methyl sites for hydroxylation is 1. The van der Waals surface area contributed by atoms with E-state index in [1.165, 1.54) is 18.2 Å². The molecule has 1 aromatic heterocycles. The van der Waals surface area contributed by atoms with Gasteiger partial charge in [0.1, 0.15) is 5.82 Å². The average molecular weight is 290 g/mol. The molecule has 0 saturated heterocycles. The van der Waals surface area contributed by atoms with Crippen LogP contribution in [0.3, 0.4) is 0 Å². The second kappa shape index (κ2) is 4.72. The van der Waals surface area contributed by atoms with Crippen LogP contribution in [0.5, 0.6) is 0 Å². The summed E-state index contributed by atoms with van der Waals surface area (Å²) in [6.45, 7) is 1.86. The highest BCUT2D eigenvalue weighted by atomic mass is 35.5. The molecular weight excluding hydrogens is 281 g/mol. The quantitative estimate of drug-likeness (QED) is 0.681. The predicted molar refractivity (Wildman–Crippen MR) is 75.4 cm³/mol. The first kappa shape index (κ1) is 12.8. The van der Waals surface area contributed by atoms with Crippen LogP contribution >= 0.6 is 11.6 Å². The molecule has 0 amide bonds. The van der Waals surface area contributed by atoms with Crippen molar-refractivity contribution in [2.45, 2.75) is 6.92 Å². The summed E-state index contributed by atoms with van der Waals surface area (Å²) in [5.41, 5.74) is 0.797. The van der Waals surface area contributed by atoms with E-state index >= 15 is 0 Å². The molecule has 0 bridgehead atoms. The molecule has 1 heterocycles. The molecule has 3 nitrogen and oxygen atoms in total. The van der Waals surface area contributed by atoms with Crippen LogP contribution in [0.2, 0.25) is 5.02 Å². The lowest BCUT2D eigenvalue weighted by Gasteiger charge is -2.05. The first-order valence-corrected chi connectivity index (χ1v) is 6.30. The fourth-order valence-corrected chi connectivity index (χ4v) is 2.24. The van der Waals surface area contributed by atoms with Crippen molar-refractivity contribution in [3.8, 4) is 11.5 Å². The zero-order valence-corrected chi connectivity index (χ0v) is 11.2. The summed E-state index contributed by atoms with van der Waals surface area (Å²) in [5.74, 6) is -0.700. The first-order valence-electron chi connectivity index (χ1n) is 5.92. The zero-order valence-electron chi connectivity index (χ0n) is 10.5. The molecule has 0 aliphatic heterocycles. The van der Waals surface area contributed by atoms with Crippen molar-refractivity contribution < 1.29 is 8.81 Å². The lowest BCUT2D eigenvalue weighted by molar-refractivity contribution is 0.511. The molecule has 0 aliphatic rings. The Kier molecular flexibility index (Phi) is 3.03. The van der Waals surface area contributed by atoms with Crippen LogP contribution in [0, 0.1) is 12.7 Å². The summed E-state index contributed by atoms with van der Waals surface area (Å²) < 4.78 is 18.9. The molecule has 0 saturated carbocycles. The summed E-state index contributed by atoms with van der Waals surface area (Å²) in [5, 5.41) is 0.508. The number of hydrogen-bond acceptors (Lipinski definition) is 3. The van der Waals surface area contributed by atoms with Gasteiger partial charge in [-0.1, -0.05) is 29.3 Å². The summed E-state index contributed by atoms with van der Waals surface area (Å²) in [6, 6.07) is 9.43. The minimum absolute atomic E-state index is 0.00579. The first-order chi connectivity index (χ1) is 9.56. The maximum atomic E-state index is 13.8. The molecule has 0 radical (unpaired) electrons. The minimum atomic E-state index is -0.584. The molecule has 100 valence electrons. The normalized spacial score (nSPS) is 10.9. The molecule has 0 atom stereocenters. The molecule has 0 spiro atoms. The van der Waals surface area contributed by atoms with Crippen molar-refractivity contribution in [1.82, 2.24) is 4.98 Å². The van der Waals surface area contributed by atoms with E-state index in [4.69, 9.17) is 16.0 Å². The molecule has 5 heteroatoms. The van der Waals surface area contributed by atoms with Gasteiger partial charge < -0.3 is 4.42 Å². The van der Waals surface area contributed by atoms with Crippen LogP contribution in [0.25, 0.3) is 22.4 Å². The van der Waals surface area contributed by atoms with Gasteiger partial charge in [-0.05, 0) is 31.2 Å². The van der Waals surface area contributed by atoms with Gasteiger partial charge in [0, 0.05) is 0 Å². The van der Waals surface area contributed by atoms with Crippen molar-refractivity contribution >= 4 is 22.5 Å². The number of fused-ring (bicyclic) bond motifs is 1. The number of rotatable bonds is 1. The largest absolute Gasteiger partial charge is 0.403 e. The lowest BCUT2D eigenvalue weighted by atomic mass is 10.1. The van der Waals surface area contributed by atoms with Crippen molar-refractivity contribution in [3.63, 3.8) is 0 Å². The van der Waals surface area contributed by atoms with Crippen LogP contribution in [0.1, 0.15) is 5.56 Å². The highest BCUT2D eigenvalue weighted by molar-refractivity contribution is 6.33. The van der Waals surface area contributed by atoms with E-state index in [-0.39, 0.29) is 16.5 Å². The Labute approximate surface area is 118 Å². The van der Waals surface area contributed by atoms with Gasteiger partial charge in [-0.3, -0.25) is 0 Å². The Balaban J connectivity index is 2.34. The Bertz CT molecular complexity index is 853. The van der Waals surface area contributed by atoms with Crippen LogP contribution in [0.4, 0.5) is 4.39 Å². The van der Waals surface area contributed by atoms with Gasteiger partial charge in [0.05, 0.1) is 21.5 Å². The number of aromatic nitrogens is 1. The van der Waals surface area contributed by atoms with Gasteiger partial charge >= 0.3 is 5.63 Å². The highest BCUT2D eigenvalue weighted by Gasteiger charge is 2.15. The van der Waals surface area contributed by atoms with Gasteiger partial charge in [-0.25, -0.2) is 14.2 Å². The van der Waals surface area contributed by atoms with Gasteiger partial charge in [0.2, 0.25) is 5.89 Å². The SMILES string of the molecule is Cc1ccc2nc(-c3c(F)cccc3Cl)oc(=O)c2c1. The number of halogens is 2. The van der Waals surface area contributed by atoms with Gasteiger partial charge in [0.25, 0.3) is 0 Å². The topological polar surface area (TPSA) is 43.1 Å². The van der Waals surface area contributed by atoms with Crippen LogP contribution in [-0.4, -0.2) is 4.98 Å². The Morgan fingerprint density at radius 3 is 2.80 bits per heavy atom. The van der Waals surface area contributed by atoms with E-state index in [0.29, 0.717) is 10.9 Å². The van der Waals surface area contributed by atoms with E-state index < -0.39 is 11.4 Å². The fraction of sp³-hybridized carbons (Fsp3) is 0.0667. The van der Waals surface area contributed by atoms with Crippen LogP contribution in [-0.2, 0) is 0 Å². The smallest absolute Gasteiger partial charge is 0.347 e. The molecular formula is C15H9ClFNO2. The van der Waals surface area contributed by atoms with Crippen molar-refractivity contribution in [3.05, 3.63) is 63.2 Å². The average Bonchev–Trinajstić information content (AvgIpc) is 2.39. The second-order valence-electron chi connectivity index (χ2n) is 4.42. The van der Waals surface area contributed by atoms with Gasteiger partial charge in [-0.15, -0.1) is 0 Å². The third-order valence-corrected chi connectivity index (χ3v) is 3.27. The molecule has 2 aromatic carbocycles. The maximum absolute atomic E-state index is 13.8. The Hall–Kier alpha value is -2.20. The summed E-state index contributed by atoms with van der Waals surface area (Å²) >= 11 is 5.95. The third kappa shape index (κ3) is 2.08. The summed E-state index contributed by atoms with van der Waals surface area (Å²) in [7, 11) is 0. The summed E-state index contributed by atoms with van der Waals surface area (Å²) in [6.07, 6.45) is 0. The standard InChI is InChI=1S/C15H9ClFNO2/c1-8-5-6-12-9(7-8)15(19)20-14(18-12)13-10(16)3-2-4-11(13)17/h2-7H,1H3. The molecule has 3 rings (SSSR count). The van der Waals surface area contributed by atoms with Crippen molar-refractivity contribution in [2.24, 2.45) is 0 Å². The zero-order chi connectivity index (χ0) is 14.3. The van der Waals surface area contributed by atoms with Crippen molar-refractivity contribution in [1.29, 1.82) is 0 Å². The number of benzene rings is 2. The van der Waals surface area contributed by atoms with Crippen LogP contribution in [0.15, 0.2) is 45.6 Å². The molecule has 0 unspecified atom stereocenters. The maximum Gasteiger partial charge on any atom is 0.347 e. The minimum Gasteiger partial charge on any atom is -0.403 e. The van der Waals surface area contributed by atoms with E-state index in [1.807, 2.05) is 13.0 Å². The van der Waals surface area contributed by atoms with Gasteiger partial charge in [-0.2, -0.15) is 0 Å². The Morgan fingerprint density at radius 1 is 1.25 bits per heavy atom. The molecule has 0 fully saturated rings. The lowest BCUT2D eigenvalue weighted by Crippen LogP contribution is -2.04. The highest BCUT2D eigenvalue weighted by Crippen LogP contribution is 2.29. The molecule has 0 aliphatic carbocycles. The van der Waals surface area contributed by atoms with E-state index in [2.05, 4.69) is 4.98 Å². The summed E-state index contributed by atoms with van der Waals surface area (Å²) in [4.78, 5) is 16.2. The number of hydrogen-bond donors (Lipinski definition) is 0. The van der Waals surface area contributed by atoms with E-state index in [1.54, 1.807) is 12.1 Å². The fourth-order valence-electron chi connectivity index (χ4n) is 1.99. The van der Waals surface area contributed by atoms with Crippen molar-refractivity contribution in [2.75, 3.05) is 0 Å². The van der Waals surface area contributed by atoms with Crippen LogP contribution < -0.4 is 5.63 Å². The second-order valence-corrected chi connectivity index (χ2v) is 4.83. The number of nitrogens with zero attached hydrogens (tertiary/aromatic N) is 1. The monoisotopic (exact) mass is 289 g/mol.